The minimum atomic E-state index is -0.654. The minimum absolute atomic E-state index is 0.0729. The topological polar surface area (TPSA) is 86.3 Å². The molecule has 0 saturated carbocycles. The molecular formula is C15H21N3O3. The molecule has 21 heavy (non-hydrogen) atoms. The van der Waals surface area contributed by atoms with E-state index >= 15 is 0 Å². The van der Waals surface area contributed by atoms with Crippen molar-refractivity contribution in [2.24, 2.45) is 11.8 Å². The van der Waals surface area contributed by atoms with Gasteiger partial charge in [-0.3, -0.25) is 9.59 Å². The summed E-state index contributed by atoms with van der Waals surface area (Å²) in [5, 5.41) is 11.5. The summed E-state index contributed by atoms with van der Waals surface area (Å²) in [4.78, 5) is 25.9. The maximum atomic E-state index is 12.4. The Labute approximate surface area is 124 Å². The fraction of sp³-hybridized carbons (Fsp3) is 0.533. The van der Waals surface area contributed by atoms with E-state index in [4.69, 9.17) is 9.68 Å². The van der Waals surface area contributed by atoms with Crippen molar-refractivity contribution in [2.45, 2.75) is 26.8 Å². The van der Waals surface area contributed by atoms with Gasteiger partial charge in [0, 0.05) is 13.6 Å². The summed E-state index contributed by atoms with van der Waals surface area (Å²) in [6, 6.07) is 4.58. The second-order valence-electron chi connectivity index (χ2n) is 5.42. The van der Waals surface area contributed by atoms with Crippen molar-refractivity contribution in [3.8, 4) is 6.07 Å². The zero-order chi connectivity index (χ0) is 16.0. The second kappa shape index (κ2) is 7.48. The average molecular weight is 291 g/mol. The monoisotopic (exact) mass is 291 g/mol. The third kappa shape index (κ3) is 4.63. The third-order valence-corrected chi connectivity index (χ3v) is 3.11. The lowest BCUT2D eigenvalue weighted by Crippen LogP contribution is -2.50. The number of nitriles is 1. The van der Waals surface area contributed by atoms with E-state index in [2.05, 4.69) is 11.4 Å². The number of furan rings is 1. The van der Waals surface area contributed by atoms with Gasteiger partial charge in [0.05, 0.1) is 18.3 Å². The smallest absolute Gasteiger partial charge is 0.287 e. The van der Waals surface area contributed by atoms with Crippen molar-refractivity contribution in [3.05, 3.63) is 24.2 Å². The maximum absolute atomic E-state index is 12.4. The molecule has 1 aromatic rings. The first-order valence-corrected chi connectivity index (χ1v) is 6.85. The number of carbonyl (C=O) groups is 2. The number of amides is 2. The van der Waals surface area contributed by atoms with Crippen LogP contribution in [0, 0.1) is 23.2 Å². The van der Waals surface area contributed by atoms with Crippen LogP contribution < -0.4 is 5.32 Å². The summed E-state index contributed by atoms with van der Waals surface area (Å²) < 4.78 is 5.02. The highest BCUT2D eigenvalue weighted by molar-refractivity contribution is 5.95. The van der Waals surface area contributed by atoms with Gasteiger partial charge in [-0.1, -0.05) is 13.8 Å². The van der Waals surface area contributed by atoms with Crippen LogP contribution in [0.5, 0.6) is 0 Å². The van der Waals surface area contributed by atoms with E-state index in [0.717, 1.165) is 0 Å². The highest BCUT2D eigenvalue weighted by atomic mass is 16.3. The molecule has 6 heteroatoms. The van der Waals surface area contributed by atoms with Crippen LogP contribution >= 0.6 is 0 Å². The van der Waals surface area contributed by atoms with E-state index in [9.17, 15) is 9.59 Å². The van der Waals surface area contributed by atoms with Crippen LogP contribution in [-0.4, -0.2) is 36.3 Å². The maximum Gasteiger partial charge on any atom is 0.287 e. The predicted molar refractivity (Wildman–Crippen MR) is 77.2 cm³/mol. The Bertz CT molecular complexity index is 517. The summed E-state index contributed by atoms with van der Waals surface area (Å²) in [6.07, 6.45) is 1.40. The Morgan fingerprint density at radius 1 is 1.43 bits per heavy atom. The molecular weight excluding hydrogens is 270 g/mol. The number of rotatable bonds is 6. The molecule has 0 radical (unpaired) electrons. The Hall–Kier alpha value is -2.29. The van der Waals surface area contributed by atoms with Gasteiger partial charge in [-0.15, -0.1) is 0 Å². The summed E-state index contributed by atoms with van der Waals surface area (Å²) in [5.41, 5.74) is 0. The van der Waals surface area contributed by atoms with Crippen LogP contribution in [0.25, 0.3) is 0 Å². The largest absolute Gasteiger partial charge is 0.459 e. The number of likely N-dealkylation sites (N-methyl/N-ethyl adjacent to an activating group) is 1. The van der Waals surface area contributed by atoms with Crippen molar-refractivity contribution in [3.63, 3.8) is 0 Å². The molecule has 2 atom stereocenters. The van der Waals surface area contributed by atoms with Gasteiger partial charge >= 0.3 is 0 Å². The fourth-order valence-corrected chi connectivity index (χ4v) is 1.91. The van der Waals surface area contributed by atoms with E-state index in [1.165, 1.54) is 11.2 Å². The second-order valence-corrected chi connectivity index (χ2v) is 5.42. The third-order valence-electron chi connectivity index (χ3n) is 3.11. The highest BCUT2D eigenvalue weighted by Crippen LogP contribution is 2.09. The SMILES string of the molecule is CC(C)[C@H](NC(=O)c1ccco1)C(=O)N(C)C[C@H](C)C#N. The molecule has 6 nitrogen and oxygen atoms in total. The summed E-state index contributed by atoms with van der Waals surface area (Å²) in [6.45, 7) is 5.78. The molecule has 0 aliphatic carbocycles. The van der Waals surface area contributed by atoms with Gasteiger partial charge in [0.2, 0.25) is 5.91 Å². The lowest BCUT2D eigenvalue weighted by atomic mass is 10.0. The van der Waals surface area contributed by atoms with Crippen molar-refractivity contribution in [1.29, 1.82) is 5.26 Å². The molecule has 1 heterocycles. The zero-order valence-electron chi connectivity index (χ0n) is 12.8. The van der Waals surface area contributed by atoms with Crippen molar-refractivity contribution in [1.82, 2.24) is 10.2 Å². The Kier molecular flexibility index (Phi) is 5.97. The predicted octanol–water partition coefficient (Wildman–Crippen LogP) is 1.65. The molecule has 0 aliphatic heterocycles. The van der Waals surface area contributed by atoms with Crippen molar-refractivity contribution >= 4 is 11.8 Å². The van der Waals surface area contributed by atoms with Crippen LogP contribution in [-0.2, 0) is 4.79 Å². The van der Waals surface area contributed by atoms with Gasteiger partial charge in [0.25, 0.3) is 5.91 Å². The van der Waals surface area contributed by atoms with E-state index in [-0.39, 0.29) is 23.5 Å². The normalized spacial score (nSPS) is 13.3. The number of carbonyl (C=O) groups excluding carboxylic acids is 2. The summed E-state index contributed by atoms with van der Waals surface area (Å²) in [5.74, 6) is -0.800. The Morgan fingerprint density at radius 2 is 2.10 bits per heavy atom. The molecule has 114 valence electrons. The first kappa shape index (κ1) is 16.8. The number of nitrogens with one attached hydrogen (secondary N) is 1. The molecule has 0 bridgehead atoms. The van der Waals surface area contributed by atoms with Crippen LogP contribution in [0.15, 0.2) is 22.8 Å². The molecule has 0 unspecified atom stereocenters. The Morgan fingerprint density at radius 3 is 2.57 bits per heavy atom. The van der Waals surface area contributed by atoms with Crippen molar-refractivity contribution in [2.75, 3.05) is 13.6 Å². The lowest BCUT2D eigenvalue weighted by Gasteiger charge is -2.27. The average Bonchev–Trinajstić information content (AvgIpc) is 2.97. The number of hydrogen-bond acceptors (Lipinski definition) is 4. The first-order chi connectivity index (χ1) is 9.86. The Balaban J connectivity index is 2.75. The van der Waals surface area contributed by atoms with E-state index in [1.807, 2.05) is 13.8 Å². The molecule has 0 spiro atoms. The van der Waals surface area contributed by atoms with Crippen LogP contribution in [0.2, 0.25) is 0 Å². The van der Waals surface area contributed by atoms with Gasteiger partial charge in [-0.2, -0.15) is 5.26 Å². The van der Waals surface area contributed by atoms with Gasteiger partial charge in [0.1, 0.15) is 6.04 Å². The first-order valence-electron chi connectivity index (χ1n) is 6.85. The molecule has 1 N–H and O–H groups in total. The summed E-state index contributed by atoms with van der Waals surface area (Å²) in [7, 11) is 1.63. The standard InChI is InChI=1S/C15H21N3O3/c1-10(2)13(15(20)18(4)9-11(3)8-16)17-14(19)12-6-5-7-21-12/h5-7,10-11,13H,9H2,1-4H3,(H,17,19)/t11-,13+/m1/s1. The molecule has 0 aromatic carbocycles. The highest BCUT2D eigenvalue weighted by Gasteiger charge is 2.28. The summed E-state index contributed by atoms with van der Waals surface area (Å²) >= 11 is 0. The van der Waals surface area contributed by atoms with Gasteiger partial charge in [-0.05, 0) is 25.0 Å². The molecule has 0 aliphatic rings. The van der Waals surface area contributed by atoms with Crippen LogP contribution in [0.3, 0.4) is 0 Å². The zero-order valence-corrected chi connectivity index (χ0v) is 12.8. The van der Waals surface area contributed by atoms with E-state index in [0.29, 0.717) is 6.54 Å². The number of hydrogen-bond donors (Lipinski definition) is 1. The van der Waals surface area contributed by atoms with Gasteiger partial charge < -0.3 is 14.6 Å². The quantitative estimate of drug-likeness (QED) is 0.863. The van der Waals surface area contributed by atoms with Crippen molar-refractivity contribution < 1.29 is 14.0 Å². The molecule has 2 amide bonds. The van der Waals surface area contributed by atoms with Gasteiger partial charge in [0.15, 0.2) is 5.76 Å². The van der Waals surface area contributed by atoms with Crippen LogP contribution in [0.1, 0.15) is 31.3 Å². The van der Waals surface area contributed by atoms with E-state index in [1.54, 1.807) is 26.1 Å². The minimum Gasteiger partial charge on any atom is -0.459 e. The van der Waals surface area contributed by atoms with E-state index < -0.39 is 11.9 Å². The molecule has 0 fully saturated rings. The molecule has 0 saturated heterocycles. The molecule has 1 aromatic heterocycles. The molecule has 1 rings (SSSR count). The van der Waals surface area contributed by atoms with Crippen LogP contribution in [0.4, 0.5) is 0 Å². The lowest BCUT2D eigenvalue weighted by molar-refractivity contribution is -0.133. The van der Waals surface area contributed by atoms with Gasteiger partial charge in [-0.25, -0.2) is 0 Å². The fourth-order valence-electron chi connectivity index (χ4n) is 1.91. The number of nitrogens with zero attached hydrogens (tertiary/aromatic N) is 2.